The third kappa shape index (κ3) is 82.9. The van der Waals surface area contributed by atoms with Crippen molar-refractivity contribution in [3.8, 4) is 0 Å². The largest absolute Gasteiger partial charge is 0.679 e. The minimum atomic E-state index is -5.19. The number of nitrogens with one attached hydrogen (secondary N) is 4. The number of aromatic nitrogens is 2. The number of aliphatic carboxylic acids is 1. The van der Waals surface area contributed by atoms with Gasteiger partial charge in [0.1, 0.15) is 5.97 Å². The van der Waals surface area contributed by atoms with E-state index in [0.717, 1.165) is 11.1 Å². The Hall–Kier alpha value is -7.43. The number of aryl methyl sites for hydroxylation is 2. The van der Waals surface area contributed by atoms with Crippen LogP contribution in [0.4, 0.5) is 13.2 Å². The molecule has 0 saturated carbocycles. The molecule has 0 bridgehead atoms. The number of rotatable bonds is 78. The maximum Gasteiger partial charge on any atom is 0.163 e. The van der Waals surface area contributed by atoms with E-state index in [-0.39, 0.29) is 154 Å². The molecule has 2 heterocycles. The molecule has 0 fully saturated rings. The fourth-order valence-electron chi connectivity index (χ4n) is 9.69. The van der Waals surface area contributed by atoms with Crippen molar-refractivity contribution < 1.29 is 165 Å². The Balaban J connectivity index is -0.00000103. The molecular formula is C83H125F3IN18O24Pt2-6. The topological polar surface area (TPSA) is 606 Å². The second-order valence-electron chi connectivity index (χ2n) is 25.7. The first kappa shape index (κ1) is 130. The molecule has 4 N–H and O–H groups in total. The van der Waals surface area contributed by atoms with E-state index in [1.807, 2.05) is 24.3 Å². The molecule has 131 heavy (non-hydrogen) atoms. The quantitative estimate of drug-likeness (QED) is 0.00753. The van der Waals surface area contributed by atoms with Gasteiger partial charge in [-0.15, -0.1) is 0 Å². The van der Waals surface area contributed by atoms with Crippen LogP contribution in [0.3, 0.4) is 0 Å². The summed E-state index contributed by atoms with van der Waals surface area (Å²) in [5.41, 5.74) is 61.8. The fraction of sp³-hybridized carbons (Fsp3) is 0.639. The molecule has 42 nitrogen and oxygen atoms in total. The number of carboxylic acid groups (broad SMARTS) is 1. The van der Waals surface area contributed by atoms with Crippen LogP contribution in [0.1, 0.15) is 137 Å². The number of halogens is 4. The molecular weight excluding hydrogens is 2210 g/mol. The van der Waals surface area contributed by atoms with E-state index in [4.69, 9.17) is 131 Å². The van der Waals surface area contributed by atoms with Crippen LogP contribution in [0.5, 0.6) is 0 Å². The zero-order valence-corrected chi connectivity index (χ0v) is 80.8. The van der Waals surface area contributed by atoms with Crippen LogP contribution in [0.25, 0.3) is 64.7 Å². The molecule has 2 aromatic heterocycles. The maximum absolute atomic E-state index is 13.2. The number of ketones is 6. The van der Waals surface area contributed by atoms with Crippen molar-refractivity contribution in [2.45, 2.75) is 83.2 Å². The number of carboxylic acids is 1. The van der Waals surface area contributed by atoms with Crippen molar-refractivity contribution in [1.82, 2.24) is 9.97 Å². The Kier molecular flexibility index (Phi) is 97.7. The van der Waals surface area contributed by atoms with E-state index < -0.39 is 12.1 Å². The zero-order chi connectivity index (χ0) is 95.2. The number of alkyl halides is 3. The van der Waals surface area contributed by atoms with Crippen LogP contribution in [-0.2, 0) is 131 Å². The smallest absolute Gasteiger partial charge is 0.163 e. The van der Waals surface area contributed by atoms with Crippen LogP contribution >= 0.6 is 19.4 Å². The molecule has 745 valence electrons. The van der Waals surface area contributed by atoms with Crippen LogP contribution in [-0.4, -0.2) is 321 Å². The average molecular weight is 2330 g/mol. The van der Waals surface area contributed by atoms with Gasteiger partial charge in [-0.05, 0) is 132 Å². The molecule has 0 spiro atoms. The van der Waals surface area contributed by atoms with Gasteiger partial charge < -0.3 is 116 Å². The van der Waals surface area contributed by atoms with Gasteiger partial charge in [0.15, 0.2) is 34.7 Å². The van der Waals surface area contributed by atoms with Gasteiger partial charge in [0.25, 0.3) is 0 Å². The Labute approximate surface area is 799 Å². The number of hydrogen-bond donors (Lipinski definition) is 0. The molecule has 0 aliphatic heterocycles. The summed E-state index contributed by atoms with van der Waals surface area (Å²) in [7, 11) is 0. The molecule has 0 saturated heterocycles. The number of pyridine rings is 2. The number of ether oxygens (including phenoxy) is 16. The first-order valence-electron chi connectivity index (χ1n) is 41.4. The summed E-state index contributed by atoms with van der Waals surface area (Å²) in [6.07, 6.45) is 5.61. The second-order valence-corrected chi connectivity index (χ2v) is 25.7. The first-order valence-corrected chi connectivity index (χ1v) is 47.8. The second kappa shape index (κ2) is 98.6. The zero-order valence-electron chi connectivity index (χ0n) is 74.1. The van der Waals surface area contributed by atoms with Crippen LogP contribution in [0, 0.1) is 7.43 Å². The Morgan fingerprint density at radius 3 is 0.626 bits per heavy atom. The summed E-state index contributed by atoms with van der Waals surface area (Å²) in [4.78, 5) is 107. The van der Waals surface area contributed by atoms with Crippen molar-refractivity contribution in [2.75, 3.05) is 264 Å². The normalized spacial score (nSPS) is 10.4. The molecule has 48 heteroatoms. The maximum atomic E-state index is 13.2. The van der Waals surface area contributed by atoms with Crippen molar-refractivity contribution in [2.24, 2.45) is 20.5 Å². The van der Waals surface area contributed by atoms with Gasteiger partial charge in [-0.25, -0.2) is 0 Å². The minimum absolute atomic E-state index is 0. The van der Waals surface area contributed by atoms with E-state index in [1.165, 1.54) is 0 Å². The van der Waals surface area contributed by atoms with Gasteiger partial charge in [-0.1, -0.05) is 20.5 Å². The number of hydrogen-bond acceptors (Lipinski definition) is 30. The number of carbonyl (C=O) groups is 7. The number of carbonyl (C=O) groups excluding carboxylic acids is 7. The Bertz CT molecular complexity index is 3350. The monoisotopic (exact) mass is 2330 g/mol. The van der Waals surface area contributed by atoms with E-state index in [1.54, 1.807) is 61.2 Å². The minimum Gasteiger partial charge on any atom is -0.679 e. The van der Waals surface area contributed by atoms with Crippen molar-refractivity contribution in [1.29, 1.82) is 0 Å². The number of azide groups is 4. The van der Waals surface area contributed by atoms with E-state index in [2.05, 4.69) is 85.6 Å². The molecule has 4 rings (SSSR count). The summed E-state index contributed by atoms with van der Waals surface area (Å²) in [6.45, 7) is 14.4. The molecule has 0 radical (unpaired) electrons. The van der Waals surface area contributed by atoms with Crippen molar-refractivity contribution in [3.63, 3.8) is 0 Å². The van der Waals surface area contributed by atoms with E-state index >= 15 is 0 Å². The van der Waals surface area contributed by atoms with E-state index in [0.29, 0.717) is 283 Å². The fourth-order valence-corrected chi connectivity index (χ4v) is 9.69. The molecule has 0 aliphatic rings. The predicted octanol–water partition coefficient (Wildman–Crippen LogP) is 14.0. The molecule has 0 amide bonds. The van der Waals surface area contributed by atoms with Gasteiger partial charge in [-0.3, -0.25) is 38.7 Å². The number of benzene rings is 2. The molecule has 0 aliphatic carbocycles. The van der Waals surface area contributed by atoms with E-state index in [9.17, 15) is 41.9 Å². The number of nitrogens with zero attached hydrogens (tertiary/aromatic N) is 14. The van der Waals surface area contributed by atoms with Gasteiger partial charge in [0.05, 0.1) is 185 Å². The van der Waals surface area contributed by atoms with Crippen molar-refractivity contribution in [3.05, 3.63) is 202 Å². The van der Waals surface area contributed by atoms with Gasteiger partial charge >= 0.3 is 41.7 Å². The Morgan fingerprint density at radius 1 is 0.321 bits per heavy atom. The predicted molar refractivity (Wildman–Crippen MR) is 478 cm³/mol. The SMILES string of the molecule is O=C([O-])C(F)(F)F.[CH3-].[I][Pt].[N-]=[N+]=NCCOCCOCCOCCOCCCC(=O)c1cc(C(=O)CCCOCCOCCOCCOCCN=[N+]=[N-])cc(C(=O)CCc2ccncc2)c1.[N-]=[N+]=NCCOCCOCCOCCOCCCC(=O)c1cc(C(=O)CCCOCCOCCOCCOCCN=[N+]=[N-])cc(C(=O)CCc2ccncc2)c1.[NH-]CC[NH-].[NH-]CC[NH-].[Pt]. The average Bonchev–Trinajstić information content (AvgIpc) is 0.830. The molecule has 0 unspecified atom stereocenters. The van der Waals surface area contributed by atoms with Gasteiger partial charge in [0, 0.05) is 190 Å². The van der Waals surface area contributed by atoms with Gasteiger partial charge in [-0.2, -0.15) is 39.4 Å². The number of Topliss-reactive ketones (excluding diaryl/α,β-unsaturated/α-hetero) is 6. The van der Waals surface area contributed by atoms with Gasteiger partial charge in [0.2, 0.25) is 0 Å². The molecule has 4 aromatic rings. The summed E-state index contributed by atoms with van der Waals surface area (Å²) in [5.74, 6) is -4.01. The van der Waals surface area contributed by atoms with Crippen LogP contribution in [0.2, 0.25) is 0 Å². The molecule has 2 aromatic carbocycles. The summed E-state index contributed by atoms with van der Waals surface area (Å²) in [6, 6.07) is 16.9. The van der Waals surface area contributed by atoms with Crippen molar-refractivity contribution >= 4 is 60.0 Å². The van der Waals surface area contributed by atoms with Crippen LogP contribution < -0.4 is 5.11 Å². The Morgan fingerprint density at radius 2 is 0.473 bits per heavy atom. The third-order valence-electron chi connectivity index (χ3n) is 15.9. The summed E-state index contributed by atoms with van der Waals surface area (Å²) in [5, 5.41) is 22.3. The summed E-state index contributed by atoms with van der Waals surface area (Å²) >= 11 is 4.23. The third-order valence-corrected chi connectivity index (χ3v) is 15.9. The standard InChI is InChI=1S/2C38H55N7O11.C2HF3O2.2C2H6N2.CH3.HI.2Pt/c2*39-44-42-11-15-51-19-23-55-27-25-53-21-17-49-13-1-3-36(46)33-29-34(31-35(30-33)38(48)6-5-32-7-9-41-10-8-32)37(47)4-2-14-50-18-22-54-26-28-56-24-20-52-16-12-43-45-40;3-2(4,5)1(6)7;2*3-1-2-4;;;;/h2*7-10,29-31H,1-6,11-28H2;(H,6,7);2*3-4H,1-2H2;1H3;1H;;/q;;;2*-2;-1;;;+1/p-2. The first-order chi connectivity index (χ1) is 62.9. The summed E-state index contributed by atoms with van der Waals surface area (Å²) < 4.78 is 118. The molecule has 0 atom stereocenters. The van der Waals surface area contributed by atoms with Crippen LogP contribution in [0.15, 0.2) is 106 Å².